The topological polar surface area (TPSA) is 58.7 Å². The number of aryl methyl sites for hydroxylation is 1. The molecule has 1 aliphatic heterocycles. The number of hydrogen-bond donors (Lipinski definition) is 1. The highest BCUT2D eigenvalue weighted by Gasteiger charge is 2.36. The second kappa shape index (κ2) is 7.89. The first kappa shape index (κ1) is 20.9. The fraction of sp³-hybridized carbons (Fsp3) is 0.364. The summed E-state index contributed by atoms with van der Waals surface area (Å²) in [5, 5.41) is 0. The molecule has 2 aromatic carbocycles. The number of alkyl halides is 3. The minimum absolute atomic E-state index is 0.0216. The molecule has 4 nitrogen and oxygen atoms in total. The van der Waals surface area contributed by atoms with Gasteiger partial charge in [0, 0.05) is 12.1 Å². The van der Waals surface area contributed by atoms with Gasteiger partial charge in [-0.2, -0.15) is 13.2 Å². The predicted molar refractivity (Wildman–Crippen MR) is 107 cm³/mol. The van der Waals surface area contributed by atoms with Crippen LogP contribution in [0.5, 0.6) is 0 Å². The van der Waals surface area contributed by atoms with Crippen LogP contribution >= 0.6 is 0 Å². The van der Waals surface area contributed by atoms with Gasteiger partial charge in [0.05, 0.1) is 12.5 Å². The van der Waals surface area contributed by atoms with Gasteiger partial charge in [0.15, 0.2) is 0 Å². The molecule has 0 fully saturated rings. The summed E-state index contributed by atoms with van der Waals surface area (Å²) in [6.45, 7) is 5.08. The molecule has 1 aliphatic rings. The number of hydrogen-bond acceptors (Lipinski definition) is 2. The van der Waals surface area contributed by atoms with Gasteiger partial charge >= 0.3 is 6.18 Å². The number of benzene rings is 2. The van der Waals surface area contributed by atoms with E-state index in [0.29, 0.717) is 17.7 Å². The standard InChI is InChI=1S/C22H24F3N3O/c1-13-9-17-11-20(29)28(14(2)16-7-5-4-6-8-16)12-18(17)10-19(13)21(26)27-15(3)22(23,24)25/h4-10,14-15H,11-12H2,1-3H3,(H2,26,27)/t14-,15+/m1/s1. The summed E-state index contributed by atoms with van der Waals surface area (Å²) >= 11 is 0. The molecule has 1 heterocycles. The van der Waals surface area contributed by atoms with Gasteiger partial charge in [-0.05, 0) is 49.1 Å². The number of aliphatic imine (C=N–C) groups is 1. The predicted octanol–water partition coefficient (Wildman–Crippen LogP) is 4.30. The fourth-order valence-electron chi connectivity index (χ4n) is 3.55. The zero-order chi connectivity index (χ0) is 21.3. The summed E-state index contributed by atoms with van der Waals surface area (Å²) in [7, 11) is 0. The van der Waals surface area contributed by atoms with Gasteiger partial charge in [0.1, 0.15) is 11.9 Å². The minimum atomic E-state index is -4.44. The van der Waals surface area contributed by atoms with Gasteiger partial charge in [0.25, 0.3) is 0 Å². The molecule has 2 N–H and O–H groups in total. The van der Waals surface area contributed by atoms with Crippen LogP contribution in [0.25, 0.3) is 0 Å². The van der Waals surface area contributed by atoms with E-state index < -0.39 is 12.2 Å². The number of halogens is 3. The van der Waals surface area contributed by atoms with Crippen molar-refractivity contribution >= 4 is 11.7 Å². The van der Waals surface area contributed by atoms with Crippen LogP contribution in [0.2, 0.25) is 0 Å². The van der Waals surface area contributed by atoms with Gasteiger partial charge in [-0.1, -0.05) is 36.4 Å². The van der Waals surface area contributed by atoms with E-state index in [0.717, 1.165) is 23.6 Å². The molecule has 7 heteroatoms. The van der Waals surface area contributed by atoms with Gasteiger partial charge in [-0.25, -0.2) is 0 Å². The lowest BCUT2D eigenvalue weighted by Gasteiger charge is -2.34. The molecular weight excluding hydrogens is 379 g/mol. The molecule has 1 amide bonds. The van der Waals surface area contributed by atoms with Crippen LogP contribution in [-0.4, -0.2) is 28.9 Å². The Morgan fingerprint density at radius 1 is 1.14 bits per heavy atom. The van der Waals surface area contributed by atoms with Crippen molar-refractivity contribution in [1.82, 2.24) is 4.90 Å². The first-order chi connectivity index (χ1) is 13.6. The van der Waals surface area contributed by atoms with Crippen LogP contribution in [0.4, 0.5) is 13.2 Å². The van der Waals surface area contributed by atoms with Crippen molar-refractivity contribution in [2.45, 2.75) is 52.0 Å². The Labute approximate surface area is 168 Å². The molecule has 2 aromatic rings. The van der Waals surface area contributed by atoms with Gasteiger partial charge in [-0.15, -0.1) is 0 Å². The number of nitrogens with zero attached hydrogens (tertiary/aromatic N) is 2. The van der Waals surface area contributed by atoms with Crippen molar-refractivity contribution < 1.29 is 18.0 Å². The molecule has 0 aliphatic carbocycles. The van der Waals surface area contributed by atoms with E-state index >= 15 is 0 Å². The Hall–Kier alpha value is -2.83. The average molecular weight is 403 g/mol. The molecule has 154 valence electrons. The van der Waals surface area contributed by atoms with E-state index in [4.69, 9.17) is 5.73 Å². The molecular formula is C22H24F3N3O. The molecule has 0 aromatic heterocycles. The molecule has 29 heavy (non-hydrogen) atoms. The lowest BCUT2D eigenvalue weighted by molar-refractivity contribution is -0.142. The van der Waals surface area contributed by atoms with E-state index in [9.17, 15) is 18.0 Å². The van der Waals surface area contributed by atoms with Crippen LogP contribution in [0, 0.1) is 6.92 Å². The van der Waals surface area contributed by atoms with Crippen molar-refractivity contribution in [3.05, 3.63) is 70.3 Å². The Bertz CT molecular complexity index is 938. The quantitative estimate of drug-likeness (QED) is 0.611. The van der Waals surface area contributed by atoms with Crippen LogP contribution in [-0.2, 0) is 17.8 Å². The summed E-state index contributed by atoms with van der Waals surface area (Å²) < 4.78 is 38.5. The van der Waals surface area contributed by atoms with E-state index in [-0.39, 0.29) is 24.2 Å². The zero-order valence-electron chi connectivity index (χ0n) is 16.6. The molecule has 0 radical (unpaired) electrons. The molecule has 0 bridgehead atoms. The van der Waals surface area contributed by atoms with Crippen LogP contribution in [0.15, 0.2) is 47.5 Å². The van der Waals surface area contributed by atoms with Crippen molar-refractivity contribution in [2.24, 2.45) is 10.7 Å². The number of amidine groups is 1. The third-order valence-corrected chi connectivity index (χ3v) is 5.38. The second-order valence-electron chi connectivity index (χ2n) is 7.45. The highest BCUT2D eigenvalue weighted by atomic mass is 19.4. The summed E-state index contributed by atoms with van der Waals surface area (Å²) in [5.41, 5.74) is 9.87. The Morgan fingerprint density at radius 2 is 1.79 bits per heavy atom. The first-order valence-corrected chi connectivity index (χ1v) is 9.45. The molecule has 0 saturated heterocycles. The number of nitrogens with two attached hydrogens (primary N) is 1. The summed E-state index contributed by atoms with van der Waals surface area (Å²) in [4.78, 5) is 18.1. The maximum absolute atomic E-state index is 12.8. The van der Waals surface area contributed by atoms with Crippen molar-refractivity contribution in [3.63, 3.8) is 0 Å². The normalized spacial score (nSPS) is 17.1. The van der Waals surface area contributed by atoms with Crippen LogP contribution < -0.4 is 5.73 Å². The third-order valence-electron chi connectivity index (χ3n) is 5.38. The summed E-state index contributed by atoms with van der Waals surface area (Å²) in [6.07, 6.45) is -4.19. The average Bonchev–Trinajstić information content (AvgIpc) is 2.66. The van der Waals surface area contributed by atoms with Gasteiger partial charge in [0.2, 0.25) is 5.91 Å². The second-order valence-corrected chi connectivity index (χ2v) is 7.45. The Kier molecular flexibility index (Phi) is 5.68. The molecule has 0 saturated carbocycles. The molecule has 0 unspecified atom stereocenters. The summed E-state index contributed by atoms with van der Waals surface area (Å²) in [6, 6.07) is 11.3. The monoisotopic (exact) mass is 403 g/mol. The van der Waals surface area contributed by atoms with Crippen molar-refractivity contribution in [3.8, 4) is 0 Å². The lowest BCUT2D eigenvalue weighted by atomic mass is 9.92. The molecule has 3 rings (SSSR count). The molecule has 0 spiro atoms. The maximum atomic E-state index is 12.8. The number of carbonyl (C=O) groups is 1. The van der Waals surface area contributed by atoms with Gasteiger partial charge in [-0.3, -0.25) is 9.79 Å². The Balaban J connectivity index is 1.92. The first-order valence-electron chi connectivity index (χ1n) is 9.45. The summed E-state index contributed by atoms with van der Waals surface area (Å²) in [5.74, 6) is -0.122. The van der Waals surface area contributed by atoms with E-state index in [1.165, 1.54) is 0 Å². The van der Waals surface area contributed by atoms with E-state index in [1.54, 1.807) is 17.9 Å². The van der Waals surface area contributed by atoms with Crippen molar-refractivity contribution in [1.29, 1.82) is 0 Å². The Morgan fingerprint density at radius 3 is 2.41 bits per heavy atom. The number of carbonyl (C=O) groups excluding carboxylic acids is 1. The largest absolute Gasteiger partial charge is 0.410 e. The minimum Gasteiger partial charge on any atom is -0.383 e. The smallest absolute Gasteiger partial charge is 0.383 e. The fourth-order valence-corrected chi connectivity index (χ4v) is 3.55. The number of rotatable bonds is 4. The van der Waals surface area contributed by atoms with E-state index in [1.807, 2.05) is 43.3 Å². The number of fused-ring (bicyclic) bond motifs is 1. The molecule has 2 atom stereocenters. The van der Waals surface area contributed by atoms with Crippen LogP contribution in [0.1, 0.15) is 47.7 Å². The highest BCUT2D eigenvalue weighted by molar-refractivity contribution is 5.99. The van der Waals surface area contributed by atoms with Gasteiger partial charge < -0.3 is 10.6 Å². The number of amides is 1. The van der Waals surface area contributed by atoms with Crippen LogP contribution in [0.3, 0.4) is 0 Å². The maximum Gasteiger partial charge on any atom is 0.410 e. The lowest BCUT2D eigenvalue weighted by Crippen LogP contribution is -2.38. The SMILES string of the molecule is Cc1cc2c(cc1C(N)=N[C@@H](C)C(F)(F)F)CN([C@H](C)c1ccccc1)C(=O)C2. The van der Waals surface area contributed by atoms with E-state index in [2.05, 4.69) is 4.99 Å². The highest BCUT2D eigenvalue weighted by Crippen LogP contribution is 2.30. The van der Waals surface area contributed by atoms with Crippen molar-refractivity contribution in [2.75, 3.05) is 0 Å². The third kappa shape index (κ3) is 4.44. The zero-order valence-corrected chi connectivity index (χ0v) is 16.6.